The molecule has 0 atom stereocenters. The van der Waals surface area contributed by atoms with Crippen molar-refractivity contribution in [1.82, 2.24) is 4.57 Å². The van der Waals surface area contributed by atoms with Crippen molar-refractivity contribution in [1.29, 1.82) is 5.26 Å². The number of nitrogens with zero attached hydrogens (tertiary/aromatic N) is 2. The molecule has 1 heterocycles. The van der Waals surface area contributed by atoms with Crippen molar-refractivity contribution in [2.45, 2.75) is 6.92 Å². The van der Waals surface area contributed by atoms with Gasteiger partial charge in [0.1, 0.15) is 11.8 Å². The Morgan fingerprint density at radius 3 is 2.75 bits per heavy atom. The molecule has 1 aromatic carbocycles. The highest BCUT2D eigenvalue weighted by Gasteiger charge is 2.21. The number of anilines is 1. The standard InChI is InChI=1S/C14H13N3O3/c1-8-3-4-10(5-11(8)18)17-7-9(6-15)12(16)13(17)14(19)20-2/h3-5,7,18H,16H2,1-2H3. The number of nitriles is 1. The number of nitrogens with two attached hydrogens (primary N) is 1. The quantitative estimate of drug-likeness (QED) is 0.810. The van der Waals surface area contributed by atoms with E-state index in [4.69, 9.17) is 11.0 Å². The summed E-state index contributed by atoms with van der Waals surface area (Å²) >= 11 is 0. The summed E-state index contributed by atoms with van der Waals surface area (Å²) in [5, 5.41) is 18.8. The Kier molecular flexibility index (Phi) is 3.36. The largest absolute Gasteiger partial charge is 0.508 e. The molecule has 20 heavy (non-hydrogen) atoms. The van der Waals surface area contributed by atoms with Gasteiger partial charge in [0.25, 0.3) is 0 Å². The number of ether oxygens (including phenoxy) is 1. The van der Waals surface area contributed by atoms with Gasteiger partial charge >= 0.3 is 5.97 Å². The summed E-state index contributed by atoms with van der Waals surface area (Å²) in [6.07, 6.45) is 1.44. The Morgan fingerprint density at radius 1 is 1.50 bits per heavy atom. The van der Waals surface area contributed by atoms with Crippen molar-refractivity contribution in [3.8, 4) is 17.5 Å². The Labute approximate surface area is 115 Å². The first-order valence-corrected chi connectivity index (χ1v) is 5.78. The Hall–Kier alpha value is -2.94. The van der Waals surface area contributed by atoms with E-state index < -0.39 is 5.97 Å². The maximum atomic E-state index is 11.8. The lowest BCUT2D eigenvalue weighted by Gasteiger charge is -2.09. The maximum absolute atomic E-state index is 11.8. The predicted molar refractivity (Wildman–Crippen MR) is 72.6 cm³/mol. The van der Waals surface area contributed by atoms with E-state index in [0.29, 0.717) is 11.3 Å². The molecule has 0 unspecified atom stereocenters. The molecule has 2 aromatic rings. The van der Waals surface area contributed by atoms with Crippen LogP contribution in [-0.4, -0.2) is 22.8 Å². The fourth-order valence-electron chi connectivity index (χ4n) is 1.87. The number of carbonyl (C=O) groups excluding carboxylic acids is 1. The minimum Gasteiger partial charge on any atom is -0.508 e. The van der Waals surface area contributed by atoms with Crippen LogP contribution in [0.5, 0.6) is 5.75 Å². The smallest absolute Gasteiger partial charge is 0.357 e. The van der Waals surface area contributed by atoms with Crippen molar-refractivity contribution >= 4 is 11.7 Å². The number of nitrogen functional groups attached to an aromatic ring is 1. The topological polar surface area (TPSA) is 101 Å². The van der Waals surface area contributed by atoms with Gasteiger partial charge in [0.05, 0.1) is 18.4 Å². The van der Waals surface area contributed by atoms with E-state index in [0.717, 1.165) is 0 Å². The molecule has 0 aliphatic rings. The Morgan fingerprint density at radius 2 is 2.20 bits per heavy atom. The van der Waals surface area contributed by atoms with Gasteiger partial charge in [0.15, 0.2) is 5.69 Å². The van der Waals surface area contributed by atoms with E-state index in [1.165, 1.54) is 23.9 Å². The highest BCUT2D eigenvalue weighted by molar-refractivity contribution is 5.95. The summed E-state index contributed by atoms with van der Waals surface area (Å²) in [5.41, 5.74) is 7.30. The van der Waals surface area contributed by atoms with Crippen LogP contribution in [0.3, 0.4) is 0 Å². The number of carbonyl (C=O) groups is 1. The van der Waals surface area contributed by atoms with Crippen LogP contribution in [0.2, 0.25) is 0 Å². The maximum Gasteiger partial charge on any atom is 0.357 e. The lowest BCUT2D eigenvalue weighted by molar-refractivity contribution is 0.0593. The zero-order valence-electron chi connectivity index (χ0n) is 11.0. The predicted octanol–water partition coefficient (Wildman–Crippen LogP) is 1.73. The molecule has 0 saturated heterocycles. The van der Waals surface area contributed by atoms with E-state index in [1.807, 2.05) is 6.07 Å². The van der Waals surface area contributed by atoms with E-state index >= 15 is 0 Å². The van der Waals surface area contributed by atoms with Crippen molar-refractivity contribution in [3.05, 3.63) is 41.2 Å². The molecule has 2 rings (SSSR count). The molecule has 0 saturated carbocycles. The van der Waals surface area contributed by atoms with E-state index in [2.05, 4.69) is 4.74 Å². The van der Waals surface area contributed by atoms with Crippen LogP contribution >= 0.6 is 0 Å². The number of phenolic OH excluding ortho intramolecular Hbond substituents is 1. The lowest BCUT2D eigenvalue weighted by atomic mass is 10.2. The summed E-state index contributed by atoms with van der Waals surface area (Å²) < 4.78 is 6.11. The number of hydrogen-bond donors (Lipinski definition) is 2. The Balaban J connectivity index is 2.70. The molecule has 3 N–H and O–H groups in total. The molecule has 6 heteroatoms. The van der Waals surface area contributed by atoms with Gasteiger partial charge in [0, 0.05) is 18.0 Å². The van der Waals surface area contributed by atoms with Gasteiger partial charge in [0.2, 0.25) is 0 Å². The molecule has 6 nitrogen and oxygen atoms in total. The number of hydrogen-bond acceptors (Lipinski definition) is 5. The molecule has 0 radical (unpaired) electrons. The van der Waals surface area contributed by atoms with Gasteiger partial charge < -0.3 is 20.1 Å². The second-order valence-corrected chi connectivity index (χ2v) is 4.25. The number of rotatable bonds is 2. The van der Waals surface area contributed by atoms with Crippen LogP contribution in [0.1, 0.15) is 21.6 Å². The second-order valence-electron chi connectivity index (χ2n) is 4.25. The van der Waals surface area contributed by atoms with E-state index in [1.54, 1.807) is 19.1 Å². The molecule has 0 aliphatic heterocycles. The van der Waals surface area contributed by atoms with Crippen molar-refractivity contribution < 1.29 is 14.6 Å². The molecule has 0 bridgehead atoms. The molecule has 0 amide bonds. The van der Waals surface area contributed by atoms with Crippen LogP contribution in [0.4, 0.5) is 5.69 Å². The minimum absolute atomic E-state index is 0.0550. The molecular formula is C14H13N3O3. The van der Waals surface area contributed by atoms with Crippen molar-refractivity contribution in [2.75, 3.05) is 12.8 Å². The monoisotopic (exact) mass is 271 g/mol. The van der Waals surface area contributed by atoms with Crippen molar-refractivity contribution in [2.24, 2.45) is 0 Å². The molecule has 1 aromatic heterocycles. The van der Waals surface area contributed by atoms with Crippen LogP contribution in [0.25, 0.3) is 5.69 Å². The van der Waals surface area contributed by atoms with Gasteiger partial charge in [-0.1, -0.05) is 6.07 Å². The highest BCUT2D eigenvalue weighted by Crippen LogP contribution is 2.27. The normalized spacial score (nSPS) is 10.1. The summed E-state index contributed by atoms with van der Waals surface area (Å²) in [7, 11) is 1.23. The number of phenols is 1. The zero-order valence-corrected chi connectivity index (χ0v) is 11.0. The third-order valence-electron chi connectivity index (χ3n) is 3.01. The highest BCUT2D eigenvalue weighted by atomic mass is 16.5. The molecular weight excluding hydrogens is 258 g/mol. The number of aryl methyl sites for hydroxylation is 1. The third kappa shape index (κ3) is 2.06. The zero-order chi connectivity index (χ0) is 14.9. The minimum atomic E-state index is -0.649. The van der Waals surface area contributed by atoms with Crippen LogP contribution in [0.15, 0.2) is 24.4 Å². The average molecular weight is 271 g/mol. The number of methoxy groups -OCH3 is 1. The lowest BCUT2D eigenvalue weighted by Crippen LogP contribution is -2.11. The summed E-state index contributed by atoms with van der Waals surface area (Å²) in [5.74, 6) is -0.562. The number of aromatic hydroxyl groups is 1. The molecule has 0 fully saturated rings. The van der Waals surface area contributed by atoms with E-state index in [9.17, 15) is 9.90 Å². The van der Waals surface area contributed by atoms with Gasteiger partial charge in [-0.2, -0.15) is 5.26 Å². The van der Waals surface area contributed by atoms with Crippen LogP contribution in [0, 0.1) is 18.3 Å². The van der Waals surface area contributed by atoms with E-state index in [-0.39, 0.29) is 22.7 Å². The van der Waals surface area contributed by atoms with Gasteiger partial charge in [-0.05, 0) is 18.6 Å². The molecule has 0 spiro atoms. The average Bonchev–Trinajstić information content (AvgIpc) is 2.78. The number of esters is 1. The van der Waals surface area contributed by atoms with Crippen molar-refractivity contribution in [3.63, 3.8) is 0 Å². The fourth-order valence-corrected chi connectivity index (χ4v) is 1.87. The first kappa shape index (κ1) is 13.5. The number of benzene rings is 1. The molecule has 102 valence electrons. The number of aromatic nitrogens is 1. The van der Waals surface area contributed by atoms with Crippen LogP contribution in [-0.2, 0) is 4.74 Å². The summed E-state index contributed by atoms with van der Waals surface area (Å²) in [4.78, 5) is 11.8. The third-order valence-corrected chi connectivity index (χ3v) is 3.01. The first-order chi connectivity index (χ1) is 9.49. The van der Waals surface area contributed by atoms with Gasteiger partial charge in [-0.15, -0.1) is 0 Å². The van der Waals surface area contributed by atoms with Gasteiger partial charge in [-0.25, -0.2) is 4.79 Å². The summed E-state index contributed by atoms with van der Waals surface area (Å²) in [6.45, 7) is 1.76. The van der Waals surface area contributed by atoms with Gasteiger partial charge in [-0.3, -0.25) is 0 Å². The Bertz CT molecular complexity index is 726. The van der Waals surface area contributed by atoms with Crippen LogP contribution < -0.4 is 5.73 Å². The second kappa shape index (κ2) is 4.97. The molecule has 0 aliphatic carbocycles. The summed E-state index contributed by atoms with van der Waals surface area (Å²) in [6, 6.07) is 6.82. The first-order valence-electron chi connectivity index (χ1n) is 5.78. The SMILES string of the molecule is COC(=O)c1c(N)c(C#N)cn1-c1ccc(C)c(O)c1. The fraction of sp³-hybridized carbons (Fsp3) is 0.143.